The third-order valence-electron chi connectivity index (χ3n) is 6.24. The fourth-order valence-electron chi connectivity index (χ4n) is 4.92. The summed E-state index contributed by atoms with van der Waals surface area (Å²) >= 11 is 0. The van der Waals surface area contributed by atoms with Crippen molar-refractivity contribution >= 4 is 11.9 Å². The van der Waals surface area contributed by atoms with Gasteiger partial charge in [-0.1, -0.05) is 43.3 Å². The predicted octanol–water partition coefficient (Wildman–Crippen LogP) is 5.05. The summed E-state index contributed by atoms with van der Waals surface area (Å²) < 4.78 is 0. The van der Waals surface area contributed by atoms with Crippen LogP contribution in [0.1, 0.15) is 49.3 Å². The highest BCUT2D eigenvalue weighted by Gasteiger charge is 2.47. The minimum absolute atomic E-state index is 0.0236. The first-order valence-corrected chi connectivity index (χ1v) is 9.23. The van der Waals surface area contributed by atoms with Gasteiger partial charge in [0.2, 0.25) is 0 Å². The van der Waals surface area contributed by atoms with Crippen LogP contribution in [-0.2, 0) is 16.6 Å². The van der Waals surface area contributed by atoms with Crippen LogP contribution >= 0.6 is 0 Å². The third kappa shape index (κ3) is 2.70. The van der Waals surface area contributed by atoms with Crippen molar-refractivity contribution in [3.8, 4) is 5.75 Å². The summed E-state index contributed by atoms with van der Waals surface area (Å²) in [5.41, 5.74) is 4.67. The first kappa shape index (κ1) is 16.1. The lowest BCUT2D eigenvalue weighted by Gasteiger charge is -2.48. The molecule has 0 aliphatic heterocycles. The van der Waals surface area contributed by atoms with E-state index in [9.17, 15) is 9.90 Å². The molecular weight excluding hydrogens is 308 g/mol. The van der Waals surface area contributed by atoms with E-state index < -0.39 is 0 Å². The Balaban J connectivity index is 1.79. The molecule has 25 heavy (non-hydrogen) atoms. The van der Waals surface area contributed by atoms with Crippen LogP contribution in [0.15, 0.2) is 54.1 Å². The van der Waals surface area contributed by atoms with Gasteiger partial charge >= 0.3 is 0 Å². The first-order valence-electron chi connectivity index (χ1n) is 9.23. The summed E-state index contributed by atoms with van der Waals surface area (Å²) in [5, 5.41) is 9.86. The lowest BCUT2D eigenvalue weighted by atomic mass is 9.55. The van der Waals surface area contributed by atoms with E-state index in [1.165, 1.54) is 11.1 Å². The summed E-state index contributed by atoms with van der Waals surface area (Å²) in [7, 11) is 0. The largest absolute Gasteiger partial charge is 0.508 e. The molecule has 4 rings (SSSR count). The van der Waals surface area contributed by atoms with E-state index in [-0.39, 0.29) is 5.41 Å². The monoisotopic (exact) mass is 332 g/mol. The number of aromatic hydroxyl groups is 1. The number of aryl methyl sites for hydroxylation is 1. The predicted molar refractivity (Wildman–Crippen MR) is 101 cm³/mol. The van der Waals surface area contributed by atoms with Crippen molar-refractivity contribution in [2.24, 2.45) is 5.92 Å². The molecule has 1 N–H and O–H groups in total. The minimum atomic E-state index is 0.0236. The smallest absolute Gasteiger partial charge is 0.159 e. The van der Waals surface area contributed by atoms with Gasteiger partial charge in [-0.05, 0) is 72.1 Å². The molecule has 1 fully saturated rings. The molecule has 2 aromatic carbocycles. The number of fused-ring (bicyclic) bond motifs is 3. The molecule has 2 aromatic rings. The van der Waals surface area contributed by atoms with Crippen LogP contribution in [0.25, 0.3) is 6.08 Å². The van der Waals surface area contributed by atoms with Gasteiger partial charge in [-0.15, -0.1) is 0 Å². The van der Waals surface area contributed by atoms with Crippen molar-refractivity contribution in [2.75, 3.05) is 0 Å². The van der Waals surface area contributed by atoms with E-state index in [1.54, 1.807) is 6.07 Å². The average Bonchev–Trinajstić information content (AvgIpc) is 2.63. The van der Waals surface area contributed by atoms with E-state index in [4.69, 9.17) is 0 Å². The van der Waals surface area contributed by atoms with Crippen molar-refractivity contribution in [1.82, 2.24) is 0 Å². The van der Waals surface area contributed by atoms with E-state index in [0.29, 0.717) is 23.9 Å². The molecule has 2 atom stereocenters. The first-order chi connectivity index (χ1) is 12.1. The van der Waals surface area contributed by atoms with Gasteiger partial charge in [0, 0.05) is 11.8 Å². The second-order valence-corrected chi connectivity index (χ2v) is 7.47. The number of carbonyl (C=O) groups is 1. The highest BCUT2D eigenvalue weighted by atomic mass is 16.3. The van der Waals surface area contributed by atoms with E-state index in [2.05, 4.69) is 31.2 Å². The second-order valence-electron chi connectivity index (χ2n) is 7.47. The molecule has 2 unspecified atom stereocenters. The number of hydrogen-bond donors (Lipinski definition) is 1. The molecule has 0 saturated heterocycles. The number of phenols is 1. The number of rotatable bonds is 2. The Morgan fingerprint density at radius 1 is 1.20 bits per heavy atom. The molecule has 2 heteroatoms. The normalized spacial score (nSPS) is 27.0. The van der Waals surface area contributed by atoms with Gasteiger partial charge in [-0.25, -0.2) is 0 Å². The number of carbonyl (C=O) groups excluding carboxylic acids is 1. The molecule has 128 valence electrons. The van der Waals surface area contributed by atoms with Gasteiger partial charge in [0.15, 0.2) is 5.78 Å². The quantitative estimate of drug-likeness (QED) is 0.782. The van der Waals surface area contributed by atoms with Crippen LogP contribution in [0, 0.1) is 5.92 Å². The van der Waals surface area contributed by atoms with Crippen molar-refractivity contribution < 1.29 is 9.90 Å². The highest BCUT2D eigenvalue weighted by Crippen LogP contribution is 2.53. The molecule has 2 aliphatic rings. The molecule has 2 nitrogen and oxygen atoms in total. The second kappa shape index (κ2) is 6.18. The van der Waals surface area contributed by atoms with Crippen LogP contribution in [0.2, 0.25) is 0 Å². The Morgan fingerprint density at radius 3 is 2.76 bits per heavy atom. The Labute approximate surface area is 149 Å². The number of Topliss-reactive ketones (excluding diaryl/α,β-unsaturated/α-hetero) is 1. The van der Waals surface area contributed by atoms with E-state index in [0.717, 1.165) is 36.8 Å². The summed E-state index contributed by atoms with van der Waals surface area (Å²) in [5.74, 6) is 1.06. The molecule has 0 heterocycles. The minimum Gasteiger partial charge on any atom is -0.508 e. The maximum absolute atomic E-state index is 12.8. The van der Waals surface area contributed by atoms with Gasteiger partial charge in [0.25, 0.3) is 0 Å². The zero-order valence-electron chi connectivity index (χ0n) is 14.7. The maximum Gasteiger partial charge on any atom is 0.159 e. The molecule has 2 aliphatic carbocycles. The maximum atomic E-state index is 12.8. The van der Waals surface area contributed by atoms with Crippen LogP contribution in [0.3, 0.4) is 0 Å². The topological polar surface area (TPSA) is 37.3 Å². The zero-order valence-corrected chi connectivity index (χ0v) is 14.7. The number of allylic oxidation sites excluding steroid dienone is 1. The average molecular weight is 332 g/mol. The van der Waals surface area contributed by atoms with Gasteiger partial charge in [-0.3, -0.25) is 4.79 Å². The number of ketones is 1. The molecule has 0 bridgehead atoms. The van der Waals surface area contributed by atoms with Crippen LogP contribution in [0.5, 0.6) is 5.75 Å². The standard InChI is InChI=1S/C23H24O2/c1-2-23-15-18(12-16-6-4-3-5-7-16)22(25)14-19(23)9-8-17-13-20(24)10-11-21(17)23/h3-7,10-13,19,24H,2,8-9,14-15H2,1H3. The van der Waals surface area contributed by atoms with Gasteiger partial charge in [-0.2, -0.15) is 0 Å². The van der Waals surface area contributed by atoms with Crippen LogP contribution in [0.4, 0.5) is 0 Å². The van der Waals surface area contributed by atoms with Crippen LogP contribution in [-0.4, -0.2) is 10.9 Å². The summed E-state index contributed by atoms with van der Waals surface area (Å²) in [6, 6.07) is 15.9. The zero-order chi connectivity index (χ0) is 17.4. The number of hydrogen-bond acceptors (Lipinski definition) is 2. The van der Waals surface area contributed by atoms with Gasteiger partial charge < -0.3 is 5.11 Å². The number of phenolic OH excluding ortho intramolecular Hbond substituents is 1. The highest BCUT2D eigenvalue weighted by molar-refractivity contribution is 6.01. The molecule has 0 amide bonds. The van der Waals surface area contributed by atoms with Crippen molar-refractivity contribution in [2.45, 2.75) is 44.4 Å². The SMILES string of the molecule is CCC12CC(=Cc3ccccc3)C(=O)CC1CCc1cc(O)ccc12. The van der Waals surface area contributed by atoms with E-state index >= 15 is 0 Å². The van der Waals surface area contributed by atoms with Crippen molar-refractivity contribution in [1.29, 1.82) is 0 Å². The Bertz CT molecular complexity index is 834. The summed E-state index contributed by atoms with van der Waals surface area (Å²) in [4.78, 5) is 12.8. The Kier molecular flexibility index (Phi) is 3.99. The lowest BCUT2D eigenvalue weighted by molar-refractivity contribution is -0.119. The van der Waals surface area contributed by atoms with Crippen molar-refractivity contribution in [3.05, 3.63) is 70.8 Å². The fourth-order valence-corrected chi connectivity index (χ4v) is 4.92. The summed E-state index contributed by atoms with van der Waals surface area (Å²) in [6.07, 6.45) is 6.54. The fraction of sp³-hybridized carbons (Fsp3) is 0.348. The lowest BCUT2D eigenvalue weighted by Crippen LogP contribution is -2.44. The summed E-state index contributed by atoms with van der Waals surface area (Å²) in [6.45, 7) is 2.24. The van der Waals surface area contributed by atoms with Gasteiger partial charge in [0.1, 0.15) is 5.75 Å². The molecule has 0 aromatic heterocycles. The molecule has 1 saturated carbocycles. The Morgan fingerprint density at radius 2 is 2.00 bits per heavy atom. The third-order valence-corrected chi connectivity index (χ3v) is 6.24. The van der Waals surface area contributed by atoms with Crippen LogP contribution < -0.4 is 0 Å². The molecular formula is C23H24O2. The van der Waals surface area contributed by atoms with Crippen molar-refractivity contribution in [3.63, 3.8) is 0 Å². The van der Waals surface area contributed by atoms with E-state index in [1.807, 2.05) is 24.3 Å². The molecule has 0 radical (unpaired) electrons. The van der Waals surface area contributed by atoms with Gasteiger partial charge in [0.05, 0.1) is 0 Å². The molecule has 0 spiro atoms. The Hall–Kier alpha value is -2.35. The number of benzene rings is 2.